The molecular formula is C27H17ClF3IN2O2. The van der Waals surface area contributed by atoms with E-state index in [0.717, 1.165) is 25.8 Å². The number of rotatable bonds is 3. The Hall–Kier alpha value is -3.11. The number of halogens is 5. The molecule has 0 fully saturated rings. The van der Waals surface area contributed by atoms with Gasteiger partial charge in [0.1, 0.15) is 0 Å². The van der Waals surface area contributed by atoms with Crippen molar-refractivity contribution in [1.29, 1.82) is 0 Å². The largest absolute Gasteiger partial charge is 0.449 e. The van der Waals surface area contributed by atoms with Gasteiger partial charge in [-0.1, -0.05) is 66.2 Å². The van der Waals surface area contributed by atoms with E-state index in [1.807, 2.05) is 42.5 Å². The Kier molecular flexibility index (Phi) is 6.42. The first-order valence-electron chi connectivity index (χ1n) is 10.9. The third kappa shape index (κ3) is 4.12. The summed E-state index contributed by atoms with van der Waals surface area (Å²) in [7, 11) is 0. The molecule has 5 rings (SSSR count). The number of ether oxygens (including phenoxy) is 1. The molecule has 0 spiro atoms. The van der Waals surface area contributed by atoms with E-state index in [2.05, 4.69) is 22.6 Å². The van der Waals surface area contributed by atoms with Gasteiger partial charge in [-0.15, -0.1) is 0 Å². The van der Waals surface area contributed by atoms with Crippen LogP contribution in [0.5, 0.6) is 0 Å². The molecule has 9 heteroatoms. The molecule has 0 saturated carbocycles. The summed E-state index contributed by atoms with van der Waals surface area (Å²) >= 11 is 8.80. The highest BCUT2D eigenvalue weighted by Gasteiger charge is 2.33. The van der Waals surface area contributed by atoms with E-state index in [1.165, 1.54) is 6.07 Å². The van der Waals surface area contributed by atoms with Crippen LogP contribution in [0.15, 0.2) is 72.8 Å². The predicted octanol–water partition coefficient (Wildman–Crippen LogP) is 8.80. The molecule has 5 aromatic rings. The molecule has 0 amide bonds. The van der Waals surface area contributed by atoms with Crippen molar-refractivity contribution in [3.8, 4) is 22.4 Å². The summed E-state index contributed by atoms with van der Waals surface area (Å²) in [6.07, 6.45) is -5.40. The van der Waals surface area contributed by atoms with Crippen molar-refractivity contribution in [1.82, 2.24) is 9.55 Å². The number of alkyl halides is 3. The Balaban J connectivity index is 2.02. The van der Waals surface area contributed by atoms with Crippen LogP contribution in [0.25, 0.3) is 44.3 Å². The molecule has 0 aliphatic heterocycles. The van der Waals surface area contributed by atoms with Gasteiger partial charge in [0.2, 0.25) is 0 Å². The molecule has 0 unspecified atom stereocenters. The van der Waals surface area contributed by atoms with Gasteiger partial charge < -0.3 is 4.74 Å². The molecule has 182 valence electrons. The quantitative estimate of drug-likeness (QED) is 0.189. The minimum atomic E-state index is -4.59. The molecule has 2 heterocycles. The topological polar surface area (TPSA) is 44.1 Å². The van der Waals surface area contributed by atoms with Crippen LogP contribution in [-0.4, -0.2) is 22.3 Å². The van der Waals surface area contributed by atoms with Crippen molar-refractivity contribution in [2.75, 3.05) is 6.61 Å². The van der Waals surface area contributed by atoms with Gasteiger partial charge in [-0.3, -0.25) is 0 Å². The fraction of sp³-hybridized carbons (Fsp3) is 0.111. The van der Waals surface area contributed by atoms with Gasteiger partial charge >= 0.3 is 12.3 Å². The summed E-state index contributed by atoms with van der Waals surface area (Å²) in [4.78, 5) is 18.0. The number of carbonyl (C=O) groups is 1. The van der Waals surface area contributed by atoms with Gasteiger partial charge in [0.05, 0.1) is 23.4 Å². The molecule has 2 aromatic heterocycles. The fourth-order valence-corrected chi connectivity index (χ4v) is 5.49. The maximum atomic E-state index is 13.6. The Morgan fingerprint density at radius 3 is 2.42 bits per heavy atom. The lowest BCUT2D eigenvalue weighted by atomic mass is 9.98. The first-order chi connectivity index (χ1) is 17.2. The molecule has 0 saturated heterocycles. The number of fused-ring (bicyclic) bond motifs is 3. The molecule has 36 heavy (non-hydrogen) atoms. The fourth-order valence-electron chi connectivity index (χ4n) is 4.26. The average molecular weight is 621 g/mol. The summed E-state index contributed by atoms with van der Waals surface area (Å²) in [5.74, 6) is 0. The number of hydrogen-bond acceptors (Lipinski definition) is 3. The van der Waals surface area contributed by atoms with E-state index in [-0.39, 0.29) is 17.8 Å². The van der Waals surface area contributed by atoms with Gasteiger partial charge in [0.15, 0.2) is 5.65 Å². The molecule has 0 radical (unpaired) electrons. The van der Waals surface area contributed by atoms with Crippen LogP contribution >= 0.6 is 34.2 Å². The van der Waals surface area contributed by atoms with Crippen LogP contribution in [0.3, 0.4) is 0 Å². The highest BCUT2D eigenvalue weighted by Crippen LogP contribution is 2.45. The molecule has 0 N–H and O–H groups in total. The molecule has 0 aliphatic carbocycles. The number of carbonyl (C=O) groups excluding carboxylic acids is 1. The van der Waals surface area contributed by atoms with Crippen LogP contribution < -0.4 is 0 Å². The molecule has 0 aliphatic rings. The Morgan fingerprint density at radius 1 is 1.06 bits per heavy atom. The Labute approximate surface area is 222 Å². The standard InChI is InChI=1S/C27H17ClF3IN2O2/c1-2-36-26(35)34-20-14-16(27(29,30)31)12-13-18(20)22-21(17-10-6-7-11-19(17)28)23(32)24(33-25(22)34)15-8-4-3-5-9-15/h3-14H,2H2,1H3. The van der Waals surface area contributed by atoms with Crippen LogP contribution in [0, 0.1) is 3.57 Å². The highest BCUT2D eigenvalue weighted by atomic mass is 127. The van der Waals surface area contributed by atoms with Crippen LogP contribution in [0.1, 0.15) is 12.5 Å². The van der Waals surface area contributed by atoms with E-state index in [4.69, 9.17) is 21.3 Å². The summed E-state index contributed by atoms with van der Waals surface area (Å²) in [6, 6.07) is 19.9. The summed E-state index contributed by atoms with van der Waals surface area (Å²) in [5.41, 5.74) is 2.09. The maximum absolute atomic E-state index is 13.6. The first-order valence-corrected chi connectivity index (χ1v) is 12.4. The zero-order valence-electron chi connectivity index (χ0n) is 18.7. The second-order valence-electron chi connectivity index (χ2n) is 7.96. The first kappa shape index (κ1) is 24.6. The molecular weight excluding hydrogens is 604 g/mol. The van der Waals surface area contributed by atoms with Crippen LogP contribution in [-0.2, 0) is 10.9 Å². The van der Waals surface area contributed by atoms with Crippen LogP contribution in [0.4, 0.5) is 18.0 Å². The number of pyridine rings is 1. The summed E-state index contributed by atoms with van der Waals surface area (Å²) in [6.45, 7) is 1.68. The van der Waals surface area contributed by atoms with Crippen molar-refractivity contribution < 1.29 is 22.7 Å². The smallest absolute Gasteiger partial charge is 0.420 e. The lowest BCUT2D eigenvalue weighted by Crippen LogP contribution is -2.14. The average Bonchev–Trinajstić information content (AvgIpc) is 3.18. The monoisotopic (exact) mass is 620 g/mol. The second kappa shape index (κ2) is 9.40. The van der Waals surface area contributed by atoms with Crippen molar-refractivity contribution in [2.45, 2.75) is 13.1 Å². The number of aromatic nitrogens is 2. The van der Waals surface area contributed by atoms with E-state index in [9.17, 15) is 18.0 Å². The summed E-state index contributed by atoms with van der Waals surface area (Å²) in [5, 5.41) is 1.42. The molecule has 4 nitrogen and oxygen atoms in total. The van der Waals surface area contributed by atoms with Crippen molar-refractivity contribution in [2.24, 2.45) is 0 Å². The Bertz CT molecular complexity index is 1630. The highest BCUT2D eigenvalue weighted by molar-refractivity contribution is 14.1. The van der Waals surface area contributed by atoms with Crippen molar-refractivity contribution in [3.05, 3.63) is 87.0 Å². The van der Waals surface area contributed by atoms with Crippen molar-refractivity contribution in [3.63, 3.8) is 0 Å². The predicted molar refractivity (Wildman–Crippen MR) is 143 cm³/mol. The van der Waals surface area contributed by atoms with Gasteiger partial charge in [0, 0.05) is 36.1 Å². The van der Waals surface area contributed by atoms with Gasteiger partial charge in [-0.2, -0.15) is 13.2 Å². The third-order valence-corrected chi connectivity index (χ3v) is 7.19. The molecule has 0 atom stereocenters. The minimum absolute atomic E-state index is 0.0479. The van der Waals surface area contributed by atoms with Crippen LogP contribution in [0.2, 0.25) is 5.02 Å². The van der Waals surface area contributed by atoms with E-state index >= 15 is 0 Å². The number of benzene rings is 3. The van der Waals surface area contributed by atoms with Crippen molar-refractivity contribution >= 4 is 62.2 Å². The number of hydrogen-bond donors (Lipinski definition) is 0. The third-order valence-electron chi connectivity index (χ3n) is 5.81. The lowest BCUT2D eigenvalue weighted by Gasteiger charge is -2.14. The second-order valence-corrected chi connectivity index (χ2v) is 9.44. The van der Waals surface area contributed by atoms with E-state index in [1.54, 1.807) is 19.1 Å². The zero-order valence-corrected chi connectivity index (χ0v) is 21.6. The van der Waals surface area contributed by atoms with E-state index in [0.29, 0.717) is 32.6 Å². The van der Waals surface area contributed by atoms with Gasteiger partial charge in [-0.05, 0) is 47.7 Å². The number of nitrogens with zero attached hydrogens (tertiary/aromatic N) is 2. The maximum Gasteiger partial charge on any atom is 0.420 e. The zero-order chi connectivity index (χ0) is 25.6. The normalized spacial score (nSPS) is 11.8. The SMILES string of the molecule is CCOC(=O)n1c2cc(C(F)(F)F)ccc2c2c(-c3ccccc3Cl)c(I)c(-c3ccccc3)nc21. The lowest BCUT2D eigenvalue weighted by molar-refractivity contribution is -0.137. The van der Waals surface area contributed by atoms with Gasteiger partial charge in [0.25, 0.3) is 0 Å². The Morgan fingerprint density at radius 2 is 1.75 bits per heavy atom. The molecule has 3 aromatic carbocycles. The molecule has 0 bridgehead atoms. The summed E-state index contributed by atoms with van der Waals surface area (Å²) < 4.78 is 48.0. The van der Waals surface area contributed by atoms with E-state index < -0.39 is 17.8 Å². The van der Waals surface area contributed by atoms with Gasteiger partial charge in [-0.25, -0.2) is 14.3 Å². The minimum Gasteiger partial charge on any atom is -0.449 e.